The predicted molar refractivity (Wildman–Crippen MR) is 79.9 cm³/mol. The summed E-state index contributed by atoms with van der Waals surface area (Å²) in [5.74, 6) is -0.371. The third-order valence-electron chi connectivity index (χ3n) is 3.72. The molecule has 2 aromatic rings. The maximum Gasteiger partial charge on any atom is 0.275 e. The van der Waals surface area contributed by atoms with Crippen molar-refractivity contribution in [2.75, 3.05) is 25.1 Å². The van der Waals surface area contributed by atoms with Crippen LogP contribution in [-0.2, 0) is 13.6 Å². The molecule has 23 heavy (non-hydrogen) atoms. The Balaban J connectivity index is 1.78. The zero-order valence-corrected chi connectivity index (χ0v) is 12.7. The largest absolute Gasteiger partial charge is 0.338 e. The van der Waals surface area contributed by atoms with Gasteiger partial charge in [-0.2, -0.15) is 10.2 Å². The van der Waals surface area contributed by atoms with E-state index in [2.05, 4.69) is 15.5 Å². The van der Waals surface area contributed by atoms with Crippen molar-refractivity contribution in [3.05, 3.63) is 29.7 Å². The molecule has 1 fully saturated rings. The van der Waals surface area contributed by atoms with E-state index in [1.54, 1.807) is 24.2 Å². The van der Waals surface area contributed by atoms with E-state index in [-0.39, 0.29) is 23.7 Å². The molecule has 2 aromatic heterocycles. The number of amides is 2. The zero-order valence-electron chi connectivity index (χ0n) is 12.7. The molecule has 0 aromatic carbocycles. The topological polar surface area (TPSA) is 85.0 Å². The van der Waals surface area contributed by atoms with Crippen molar-refractivity contribution in [2.24, 2.45) is 7.05 Å². The molecule has 1 saturated heterocycles. The Labute approximate surface area is 131 Å². The fourth-order valence-corrected chi connectivity index (χ4v) is 2.37. The standard InChI is InChI=1S/C14H17FN6O2/c1-19-12(10(9-16-19)14(23)20-5-2-6-20)13(22)17-11-3-7-21(18-11)8-4-15/h3,7,9H,2,4-6,8H2,1H3,(H,17,18,22). The van der Waals surface area contributed by atoms with Crippen LogP contribution in [0.1, 0.15) is 27.3 Å². The molecule has 0 atom stereocenters. The SMILES string of the molecule is Cn1ncc(C(=O)N2CCC2)c1C(=O)Nc1ccn(CCF)n1. The predicted octanol–water partition coefficient (Wildman–Crippen LogP) is 0.684. The lowest BCUT2D eigenvalue weighted by Gasteiger charge is -2.30. The van der Waals surface area contributed by atoms with Gasteiger partial charge in [0.05, 0.1) is 18.3 Å². The molecule has 3 rings (SSSR count). The first-order valence-corrected chi connectivity index (χ1v) is 7.32. The van der Waals surface area contributed by atoms with Gasteiger partial charge in [0, 0.05) is 32.4 Å². The molecule has 0 aliphatic carbocycles. The number of likely N-dealkylation sites (tertiary alicyclic amines) is 1. The van der Waals surface area contributed by atoms with Crippen molar-refractivity contribution >= 4 is 17.6 Å². The average Bonchev–Trinajstić information content (AvgIpc) is 3.04. The highest BCUT2D eigenvalue weighted by molar-refractivity contribution is 6.10. The highest BCUT2D eigenvalue weighted by Crippen LogP contribution is 2.17. The smallest absolute Gasteiger partial charge is 0.275 e. The van der Waals surface area contributed by atoms with E-state index in [9.17, 15) is 14.0 Å². The first kappa shape index (κ1) is 15.2. The minimum absolute atomic E-state index is 0.125. The van der Waals surface area contributed by atoms with Crippen LogP contribution in [-0.4, -0.2) is 56.0 Å². The van der Waals surface area contributed by atoms with Gasteiger partial charge in [-0.3, -0.25) is 19.0 Å². The van der Waals surface area contributed by atoms with Gasteiger partial charge in [-0.25, -0.2) is 4.39 Å². The Bertz CT molecular complexity index is 733. The molecule has 122 valence electrons. The summed E-state index contributed by atoms with van der Waals surface area (Å²) in [4.78, 5) is 26.5. The summed E-state index contributed by atoms with van der Waals surface area (Å²) in [7, 11) is 1.60. The molecule has 0 radical (unpaired) electrons. The molecular formula is C14H17FN6O2. The van der Waals surface area contributed by atoms with Crippen LogP contribution in [0.2, 0.25) is 0 Å². The minimum atomic E-state index is -0.536. The number of nitrogens with one attached hydrogen (secondary N) is 1. The summed E-state index contributed by atoms with van der Waals surface area (Å²) in [5.41, 5.74) is 0.454. The first-order valence-electron chi connectivity index (χ1n) is 7.32. The lowest BCUT2D eigenvalue weighted by atomic mass is 10.1. The molecule has 0 spiro atoms. The molecule has 1 N–H and O–H groups in total. The second kappa shape index (κ2) is 6.19. The summed E-state index contributed by atoms with van der Waals surface area (Å²) in [6.07, 6.45) is 3.95. The molecular weight excluding hydrogens is 303 g/mol. The van der Waals surface area contributed by atoms with Crippen LogP contribution in [0.3, 0.4) is 0 Å². The maximum atomic E-state index is 12.5. The third-order valence-corrected chi connectivity index (χ3v) is 3.72. The molecule has 3 heterocycles. The Kier molecular flexibility index (Phi) is 4.09. The number of hydrogen-bond donors (Lipinski definition) is 1. The fourth-order valence-electron chi connectivity index (χ4n) is 2.37. The van der Waals surface area contributed by atoms with E-state index < -0.39 is 12.6 Å². The number of rotatable bonds is 5. The number of anilines is 1. The van der Waals surface area contributed by atoms with Crippen molar-refractivity contribution in [1.82, 2.24) is 24.5 Å². The van der Waals surface area contributed by atoms with E-state index >= 15 is 0 Å². The van der Waals surface area contributed by atoms with Crippen molar-refractivity contribution < 1.29 is 14.0 Å². The van der Waals surface area contributed by atoms with E-state index in [0.29, 0.717) is 18.9 Å². The molecule has 9 heteroatoms. The number of aryl methyl sites for hydroxylation is 2. The fraction of sp³-hybridized carbons (Fsp3) is 0.429. The highest BCUT2D eigenvalue weighted by atomic mass is 19.1. The van der Waals surface area contributed by atoms with Gasteiger partial charge in [-0.05, 0) is 6.42 Å². The monoisotopic (exact) mass is 320 g/mol. The summed E-state index contributed by atoms with van der Waals surface area (Å²) in [6, 6.07) is 1.57. The maximum absolute atomic E-state index is 12.5. The van der Waals surface area contributed by atoms with Crippen LogP contribution in [0.4, 0.5) is 10.2 Å². The highest BCUT2D eigenvalue weighted by Gasteiger charge is 2.28. The number of hydrogen-bond acceptors (Lipinski definition) is 4. The molecule has 1 aliphatic rings. The molecule has 0 saturated carbocycles. The van der Waals surface area contributed by atoms with Crippen molar-refractivity contribution in [1.29, 1.82) is 0 Å². The lowest BCUT2D eigenvalue weighted by molar-refractivity contribution is 0.0648. The number of nitrogens with zero attached hydrogens (tertiary/aromatic N) is 5. The van der Waals surface area contributed by atoms with Gasteiger partial charge in [-0.1, -0.05) is 0 Å². The van der Waals surface area contributed by atoms with Crippen molar-refractivity contribution in [3.63, 3.8) is 0 Å². The summed E-state index contributed by atoms with van der Waals surface area (Å²) >= 11 is 0. The van der Waals surface area contributed by atoms with Gasteiger partial charge in [0.25, 0.3) is 11.8 Å². The molecule has 2 amide bonds. The molecule has 0 bridgehead atoms. The summed E-state index contributed by atoms with van der Waals surface area (Å²) in [5, 5.41) is 10.7. The van der Waals surface area contributed by atoms with E-state index in [4.69, 9.17) is 0 Å². The number of alkyl halides is 1. The molecule has 0 unspecified atom stereocenters. The minimum Gasteiger partial charge on any atom is -0.338 e. The molecule has 8 nitrogen and oxygen atoms in total. The van der Waals surface area contributed by atoms with E-state index in [1.807, 2.05) is 0 Å². The lowest BCUT2D eigenvalue weighted by Crippen LogP contribution is -2.42. The van der Waals surface area contributed by atoms with Crippen LogP contribution in [0.5, 0.6) is 0 Å². The molecule has 1 aliphatic heterocycles. The van der Waals surface area contributed by atoms with Crippen LogP contribution in [0.25, 0.3) is 0 Å². The van der Waals surface area contributed by atoms with E-state index in [1.165, 1.54) is 15.6 Å². The quantitative estimate of drug-likeness (QED) is 0.878. The van der Waals surface area contributed by atoms with Gasteiger partial charge < -0.3 is 10.2 Å². The second-order valence-corrected chi connectivity index (χ2v) is 5.28. The van der Waals surface area contributed by atoms with Gasteiger partial charge >= 0.3 is 0 Å². The first-order chi connectivity index (χ1) is 11.1. The van der Waals surface area contributed by atoms with Crippen LogP contribution >= 0.6 is 0 Å². The van der Waals surface area contributed by atoms with Gasteiger partial charge in [0.15, 0.2) is 5.82 Å². The number of carbonyl (C=O) groups excluding carboxylic acids is 2. The van der Waals surface area contributed by atoms with Crippen LogP contribution < -0.4 is 5.32 Å². The Hall–Kier alpha value is -2.71. The normalized spacial score (nSPS) is 13.7. The average molecular weight is 320 g/mol. The number of halogens is 1. The van der Waals surface area contributed by atoms with Gasteiger partial charge in [0.2, 0.25) is 0 Å². The van der Waals surface area contributed by atoms with Crippen LogP contribution in [0, 0.1) is 0 Å². The third kappa shape index (κ3) is 2.94. The summed E-state index contributed by atoms with van der Waals surface area (Å²) in [6.45, 7) is 0.983. The Morgan fingerprint density at radius 1 is 1.39 bits per heavy atom. The number of aromatic nitrogens is 4. The zero-order chi connectivity index (χ0) is 16.4. The van der Waals surface area contributed by atoms with Crippen LogP contribution in [0.15, 0.2) is 18.5 Å². The Morgan fingerprint density at radius 2 is 2.17 bits per heavy atom. The van der Waals surface area contributed by atoms with E-state index in [0.717, 1.165) is 6.42 Å². The Morgan fingerprint density at radius 3 is 2.83 bits per heavy atom. The van der Waals surface area contributed by atoms with Gasteiger partial charge in [0.1, 0.15) is 12.4 Å². The summed E-state index contributed by atoms with van der Waals surface area (Å²) < 4.78 is 15.0. The number of carbonyl (C=O) groups is 2. The van der Waals surface area contributed by atoms with Crippen molar-refractivity contribution in [3.8, 4) is 0 Å². The second-order valence-electron chi connectivity index (χ2n) is 5.28. The van der Waals surface area contributed by atoms with Gasteiger partial charge in [-0.15, -0.1) is 0 Å². The van der Waals surface area contributed by atoms with Crippen molar-refractivity contribution in [2.45, 2.75) is 13.0 Å².